The zero-order chi connectivity index (χ0) is 16.5. The van der Waals surface area contributed by atoms with Crippen LogP contribution in [-0.4, -0.2) is 42.0 Å². The smallest absolute Gasteiger partial charge is 0.193 e. The van der Waals surface area contributed by atoms with Crippen molar-refractivity contribution in [2.75, 3.05) is 26.2 Å². The molecule has 1 unspecified atom stereocenters. The molecule has 24 heavy (non-hydrogen) atoms. The van der Waals surface area contributed by atoms with Crippen LogP contribution in [-0.2, 0) is 6.42 Å². The molecule has 1 saturated heterocycles. The number of pyridine rings is 1. The van der Waals surface area contributed by atoms with Crippen molar-refractivity contribution in [3.63, 3.8) is 0 Å². The quantitative estimate of drug-likeness (QED) is 0.393. The van der Waals surface area contributed by atoms with Crippen LogP contribution >= 0.6 is 24.0 Å². The Morgan fingerprint density at radius 1 is 1.38 bits per heavy atom. The summed E-state index contributed by atoms with van der Waals surface area (Å²) in [5, 5.41) is 3.47. The van der Waals surface area contributed by atoms with E-state index in [1.54, 1.807) is 0 Å². The van der Waals surface area contributed by atoms with Crippen LogP contribution in [0.15, 0.2) is 29.5 Å². The first-order chi connectivity index (χ1) is 11.3. The Kier molecular flexibility index (Phi) is 10.3. The van der Waals surface area contributed by atoms with E-state index < -0.39 is 0 Å². The van der Waals surface area contributed by atoms with E-state index in [2.05, 4.69) is 42.0 Å². The number of guanidine groups is 1. The lowest BCUT2D eigenvalue weighted by Gasteiger charge is -2.24. The number of hydrogen-bond acceptors (Lipinski definition) is 2. The van der Waals surface area contributed by atoms with Crippen LogP contribution in [0, 0.1) is 11.8 Å². The van der Waals surface area contributed by atoms with Gasteiger partial charge in [-0.3, -0.25) is 9.98 Å². The van der Waals surface area contributed by atoms with E-state index in [4.69, 9.17) is 4.99 Å². The summed E-state index contributed by atoms with van der Waals surface area (Å²) in [4.78, 5) is 11.5. The van der Waals surface area contributed by atoms with E-state index in [1.807, 2.05) is 18.5 Å². The standard InChI is InChI=1S/C19H32N4.HI/c1-4-17(5-2)18-10-13-23(15-18)19(21-6-3)22-12-9-16-8-7-11-20-14-16;/h7-8,11,14,17-18H,4-6,9-10,12-13,15H2,1-3H3,(H,21,22);1H. The molecule has 1 N–H and O–H groups in total. The Labute approximate surface area is 164 Å². The Morgan fingerprint density at radius 2 is 2.17 bits per heavy atom. The van der Waals surface area contributed by atoms with Gasteiger partial charge in [0, 0.05) is 38.6 Å². The number of rotatable bonds is 7. The van der Waals surface area contributed by atoms with Crippen molar-refractivity contribution in [1.29, 1.82) is 0 Å². The molecule has 2 heterocycles. The molecule has 136 valence electrons. The predicted molar refractivity (Wildman–Crippen MR) is 113 cm³/mol. The lowest BCUT2D eigenvalue weighted by Crippen LogP contribution is -2.40. The number of hydrogen-bond donors (Lipinski definition) is 1. The van der Waals surface area contributed by atoms with Crippen molar-refractivity contribution in [3.05, 3.63) is 30.1 Å². The predicted octanol–water partition coefficient (Wildman–Crippen LogP) is 3.97. The largest absolute Gasteiger partial charge is 0.357 e. The van der Waals surface area contributed by atoms with Crippen molar-refractivity contribution in [2.24, 2.45) is 16.8 Å². The first-order valence-corrected chi connectivity index (χ1v) is 9.20. The molecule has 0 aliphatic carbocycles. The van der Waals surface area contributed by atoms with E-state index in [0.717, 1.165) is 50.4 Å². The molecule has 1 aliphatic heterocycles. The second-order valence-corrected chi connectivity index (χ2v) is 6.42. The highest BCUT2D eigenvalue weighted by molar-refractivity contribution is 14.0. The van der Waals surface area contributed by atoms with E-state index in [1.165, 1.54) is 24.8 Å². The molecule has 1 aromatic heterocycles. The van der Waals surface area contributed by atoms with Gasteiger partial charge in [0.2, 0.25) is 0 Å². The Morgan fingerprint density at radius 3 is 2.79 bits per heavy atom. The third-order valence-corrected chi connectivity index (χ3v) is 4.96. The van der Waals surface area contributed by atoms with E-state index >= 15 is 0 Å². The molecule has 1 atom stereocenters. The van der Waals surface area contributed by atoms with Crippen molar-refractivity contribution >= 4 is 29.9 Å². The van der Waals surface area contributed by atoms with Gasteiger partial charge in [-0.05, 0) is 43.2 Å². The second kappa shape index (κ2) is 11.7. The van der Waals surface area contributed by atoms with Gasteiger partial charge in [0.25, 0.3) is 0 Å². The van der Waals surface area contributed by atoms with Crippen LogP contribution in [0.1, 0.15) is 45.6 Å². The average Bonchev–Trinajstić information content (AvgIpc) is 3.06. The molecule has 2 rings (SSSR count). The summed E-state index contributed by atoms with van der Waals surface area (Å²) in [6, 6.07) is 4.11. The number of halogens is 1. The fourth-order valence-electron chi connectivity index (χ4n) is 3.58. The third kappa shape index (κ3) is 6.22. The zero-order valence-corrected chi connectivity index (χ0v) is 17.7. The summed E-state index contributed by atoms with van der Waals surface area (Å²) < 4.78 is 0. The second-order valence-electron chi connectivity index (χ2n) is 6.42. The van der Waals surface area contributed by atoms with Crippen LogP contribution in [0.2, 0.25) is 0 Å². The number of aromatic nitrogens is 1. The first-order valence-electron chi connectivity index (χ1n) is 9.20. The Balaban J connectivity index is 0.00000288. The van der Waals surface area contributed by atoms with Crippen molar-refractivity contribution in [3.8, 4) is 0 Å². The maximum Gasteiger partial charge on any atom is 0.193 e. The normalized spacial score (nSPS) is 17.9. The Hall–Kier alpha value is -0.850. The van der Waals surface area contributed by atoms with E-state index in [-0.39, 0.29) is 24.0 Å². The minimum Gasteiger partial charge on any atom is -0.357 e. The molecule has 0 amide bonds. The van der Waals surface area contributed by atoms with Gasteiger partial charge < -0.3 is 10.2 Å². The van der Waals surface area contributed by atoms with Crippen LogP contribution < -0.4 is 5.32 Å². The van der Waals surface area contributed by atoms with Crippen LogP contribution in [0.4, 0.5) is 0 Å². The third-order valence-electron chi connectivity index (χ3n) is 4.96. The van der Waals surface area contributed by atoms with Crippen LogP contribution in [0.5, 0.6) is 0 Å². The summed E-state index contributed by atoms with van der Waals surface area (Å²) in [5.74, 6) is 2.77. The fourth-order valence-corrected chi connectivity index (χ4v) is 3.58. The van der Waals surface area contributed by atoms with Gasteiger partial charge in [0.05, 0.1) is 0 Å². The average molecular weight is 444 g/mol. The highest BCUT2D eigenvalue weighted by atomic mass is 127. The molecule has 5 heteroatoms. The molecule has 1 aliphatic rings. The summed E-state index contributed by atoms with van der Waals surface area (Å²) in [5.41, 5.74) is 1.25. The summed E-state index contributed by atoms with van der Waals surface area (Å²) in [6.07, 6.45) is 8.60. The SMILES string of the molecule is CCNC(=NCCc1cccnc1)N1CCC(C(CC)CC)C1.I. The molecular formula is C19H33IN4. The lowest BCUT2D eigenvalue weighted by atomic mass is 9.87. The van der Waals surface area contributed by atoms with Crippen molar-refractivity contribution in [2.45, 2.75) is 46.5 Å². The van der Waals surface area contributed by atoms with Crippen molar-refractivity contribution in [1.82, 2.24) is 15.2 Å². The van der Waals surface area contributed by atoms with Gasteiger partial charge >= 0.3 is 0 Å². The van der Waals surface area contributed by atoms with Gasteiger partial charge in [-0.2, -0.15) is 0 Å². The molecule has 0 radical (unpaired) electrons. The Bertz CT molecular complexity index is 474. The van der Waals surface area contributed by atoms with Crippen LogP contribution in [0.25, 0.3) is 0 Å². The molecule has 1 aromatic rings. The zero-order valence-electron chi connectivity index (χ0n) is 15.4. The summed E-state index contributed by atoms with van der Waals surface area (Å²) in [7, 11) is 0. The summed E-state index contributed by atoms with van der Waals surface area (Å²) in [6.45, 7) is 10.8. The minimum absolute atomic E-state index is 0. The molecule has 0 aromatic carbocycles. The van der Waals surface area contributed by atoms with Gasteiger partial charge in [-0.25, -0.2) is 0 Å². The first kappa shape index (κ1) is 21.2. The van der Waals surface area contributed by atoms with Gasteiger partial charge in [-0.15, -0.1) is 24.0 Å². The molecule has 0 spiro atoms. The van der Waals surface area contributed by atoms with Gasteiger partial charge in [-0.1, -0.05) is 32.8 Å². The van der Waals surface area contributed by atoms with Crippen molar-refractivity contribution < 1.29 is 0 Å². The van der Waals surface area contributed by atoms with E-state index in [0.29, 0.717) is 0 Å². The molecule has 1 fully saturated rings. The number of aliphatic imine (C=N–C) groups is 1. The van der Waals surface area contributed by atoms with E-state index in [9.17, 15) is 0 Å². The lowest BCUT2D eigenvalue weighted by molar-refractivity contribution is 0.319. The maximum atomic E-state index is 4.84. The summed E-state index contributed by atoms with van der Waals surface area (Å²) >= 11 is 0. The maximum absolute atomic E-state index is 4.84. The van der Waals surface area contributed by atoms with Crippen LogP contribution in [0.3, 0.4) is 0 Å². The highest BCUT2D eigenvalue weighted by Crippen LogP contribution is 2.28. The molecular weight excluding hydrogens is 411 g/mol. The number of nitrogens with zero attached hydrogens (tertiary/aromatic N) is 3. The number of likely N-dealkylation sites (tertiary alicyclic amines) is 1. The minimum atomic E-state index is 0. The molecule has 4 nitrogen and oxygen atoms in total. The highest BCUT2D eigenvalue weighted by Gasteiger charge is 2.29. The van der Waals surface area contributed by atoms with Gasteiger partial charge in [0.15, 0.2) is 5.96 Å². The number of nitrogens with one attached hydrogen (secondary N) is 1. The molecule has 0 saturated carbocycles. The topological polar surface area (TPSA) is 40.5 Å². The molecule has 0 bridgehead atoms. The fraction of sp³-hybridized carbons (Fsp3) is 0.684. The monoisotopic (exact) mass is 444 g/mol. The van der Waals surface area contributed by atoms with Gasteiger partial charge in [0.1, 0.15) is 0 Å².